The van der Waals surface area contributed by atoms with Gasteiger partial charge in [0.05, 0.1) is 5.69 Å². The molecule has 0 saturated carbocycles. The van der Waals surface area contributed by atoms with Crippen molar-refractivity contribution in [3.8, 4) is 0 Å². The fourth-order valence-electron chi connectivity index (χ4n) is 1.82. The Morgan fingerprint density at radius 2 is 1.80 bits per heavy atom. The van der Waals surface area contributed by atoms with Crippen LogP contribution < -0.4 is 5.32 Å². The van der Waals surface area contributed by atoms with Crippen molar-refractivity contribution in [1.82, 2.24) is 14.6 Å². The summed E-state index contributed by atoms with van der Waals surface area (Å²) in [6, 6.07) is 2.46. The second-order valence-electron chi connectivity index (χ2n) is 7.62. The third kappa shape index (κ3) is 2.94. The van der Waals surface area contributed by atoms with E-state index in [1.54, 1.807) is 6.20 Å². The Labute approximate surface area is 121 Å². The van der Waals surface area contributed by atoms with Crippen LogP contribution in [0.1, 0.15) is 54.2 Å². The topological polar surface area (TPSA) is 42.2 Å². The number of fused-ring (bicyclic) bond motifs is 1. The maximum Gasteiger partial charge on any atom is 0.152 e. The molecule has 2 aromatic heterocycles. The average molecular weight is 274 g/mol. The number of aromatic nitrogens is 3. The summed E-state index contributed by atoms with van der Waals surface area (Å²) in [5, 5.41) is 8.17. The molecule has 0 radical (unpaired) electrons. The molecular formula is C16H26N4. The van der Waals surface area contributed by atoms with Gasteiger partial charge in [0.1, 0.15) is 5.52 Å². The minimum Gasteiger partial charge on any atom is -0.365 e. The van der Waals surface area contributed by atoms with E-state index in [2.05, 4.69) is 69.9 Å². The highest BCUT2D eigenvalue weighted by Gasteiger charge is 2.23. The first-order valence-corrected chi connectivity index (χ1v) is 7.20. The van der Waals surface area contributed by atoms with Gasteiger partial charge in [-0.1, -0.05) is 41.5 Å². The lowest BCUT2D eigenvalue weighted by Crippen LogP contribution is -2.31. The van der Waals surface area contributed by atoms with Crippen LogP contribution in [0.5, 0.6) is 0 Å². The van der Waals surface area contributed by atoms with Crippen molar-refractivity contribution in [2.24, 2.45) is 5.41 Å². The summed E-state index contributed by atoms with van der Waals surface area (Å²) < 4.78 is 1.91. The standard InChI is InChI=1S/C16H26N4/c1-11(15(2,3)4)18-14-12-10-13(16(5,6)7)19-20(12)9-8-17-14/h8-11H,1-7H3,(H,17,18). The summed E-state index contributed by atoms with van der Waals surface area (Å²) in [6.07, 6.45) is 3.70. The Morgan fingerprint density at radius 3 is 2.35 bits per heavy atom. The lowest BCUT2D eigenvalue weighted by Gasteiger charge is -2.28. The van der Waals surface area contributed by atoms with Crippen molar-refractivity contribution in [3.05, 3.63) is 24.2 Å². The number of anilines is 1. The Bertz CT molecular complexity index is 599. The van der Waals surface area contributed by atoms with E-state index in [0.717, 1.165) is 17.0 Å². The Kier molecular flexibility index (Phi) is 3.53. The van der Waals surface area contributed by atoms with Gasteiger partial charge in [0.25, 0.3) is 0 Å². The summed E-state index contributed by atoms with van der Waals surface area (Å²) in [4.78, 5) is 4.48. The van der Waals surface area contributed by atoms with E-state index in [-0.39, 0.29) is 10.8 Å². The molecule has 4 heteroatoms. The highest BCUT2D eigenvalue weighted by Crippen LogP contribution is 2.27. The molecule has 4 nitrogen and oxygen atoms in total. The molecule has 1 unspecified atom stereocenters. The van der Waals surface area contributed by atoms with Crippen molar-refractivity contribution in [1.29, 1.82) is 0 Å². The van der Waals surface area contributed by atoms with Crippen molar-refractivity contribution < 1.29 is 0 Å². The van der Waals surface area contributed by atoms with Crippen molar-refractivity contribution in [2.75, 3.05) is 5.32 Å². The third-order valence-electron chi connectivity index (χ3n) is 3.81. The summed E-state index contributed by atoms with van der Waals surface area (Å²) in [5.74, 6) is 0.901. The normalized spacial score (nSPS) is 14.6. The zero-order chi connectivity index (χ0) is 15.1. The zero-order valence-electron chi connectivity index (χ0n) is 13.7. The molecule has 2 rings (SSSR count). The van der Waals surface area contributed by atoms with Crippen LogP contribution in [-0.4, -0.2) is 20.6 Å². The lowest BCUT2D eigenvalue weighted by molar-refractivity contribution is 0.359. The molecule has 0 aliphatic carbocycles. The number of hydrogen-bond donors (Lipinski definition) is 1. The van der Waals surface area contributed by atoms with Gasteiger partial charge in [0.15, 0.2) is 5.82 Å². The fourth-order valence-corrected chi connectivity index (χ4v) is 1.82. The summed E-state index contributed by atoms with van der Waals surface area (Å²) in [5.41, 5.74) is 2.34. The van der Waals surface area contributed by atoms with Crippen molar-refractivity contribution in [2.45, 2.75) is 59.9 Å². The first-order valence-electron chi connectivity index (χ1n) is 7.20. The van der Waals surface area contributed by atoms with E-state index < -0.39 is 0 Å². The van der Waals surface area contributed by atoms with Gasteiger partial charge in [-0.15, -0.1) is 0 Å². The SMILES string of the molecule is CC(Nc1nccn2nc(C(C)(C)C)cc12)C(C)(C)C. The molecule has 0 bridgehead atoms. The van der Waals surface area contributed by atoms with Crippen LogP contribution in [0.4, 0.5) is 5.82 Å². The molecule has 0 fully saturated rings. The highest BCUT2D eigenvalue weighted by molar-refractivity contribution is 5.68. The lowest BCUT2D eigenvalue weighted by atomic mass is 9.88. The van der Waals surface area contributed by atoms with E-state index in [9.17, 15) is 0 Å². The van der Waals surface area contributed by atoms with Crippen LogP contribution in [0.3, 0.4) is 0 Å². The van der Waals surface area contributed by atoms with Crippen molar-refractivity contribution >= 4 is 11.3 Å². The molecule has 0 saturated heterocycles. The predicted octanol–water partition coefficient (Wildman–Crippen LogP) is 3.87. The molecule has 0 aliphatic rings. The van der Waals surface area contributed by atoms with E-state index in [1.807, 2.05) is 10.7 Å². The van der Waals surface area contributed by atoms with Gasteiger partial charge in [-0.3, -0.25) is 0 Å². The van der Waals surface area contributed by atoms with E-state index in [4.69, 9.17) is 0 Å². The van der Waals surface area contributed by atoms with Crippen molar-refractivity contribution in [3.63, 3.8) is 0 Å². The average Bonchev–Trinajstić information content (AvgIpc) is 2.72. The van der Waals surface area contributed by atoms with Gasteiger partial charge in [0, 0.05) is 23.9 Å². The van der Waals surface area contributed by atoms with Crippen LogP contribution >= 0.6 is 0 Å². The van der Waals surface area contributed by atoms with E-state index >= 15 is 0 Å². The van der Waals surface area contributed by atoms with E-state index in [1.165, 1.54) is 0 Å². The molecule has 1 N–H and O–H groups in total. The first-order chi connectivity index (χ1) is 9.09. The van der Waals surface area contributed by atoms with Gasteiger partial charge in [-0.25, -0.2) is 9.50 Å². The maximum atomic E-state index is 4.65. The van der Waals surface area contributed by atoms with Crippen LogP contribution in [0.15, 0.2) is 18.5 Å². The highest BCUT2D eigenvalue weighted by atomic mass is 15.2. The molecule has 110 valence electrons. The largest absolute Gasteiger partial charge is 0.365 e. The van der Waals surface area contributed by atoms with Gasteiger partial charge in [0.2, 0.25) is 0 Å². The minimum atomic E-state index is 0.0406. The smallest absolute Gasteiger partial charge is 0.152 e. The Balaban J connectivity index is 2.42. The van der Waals surface area contributed by atoms with Crippen LogP contribution in [0.2, 0.25) is 0 Å². The number of nitrogens with one attached hydrogen (secondary N) is 1. The van der Waals surface area contributed by atoms with E-state index in [0.29, 0.717) is 6.04 Å². The third-order valence-corrected chi connectivity index (χ3v) is 3.81. The number of hydrogen-bond acceptors (Lipinski definition) is 3. The molecule has 0 aliphatic heterocycles. The number of nitrogens with zero attached hydrogens (tertiary/aromatic N) is 3. The molecule has 0 spiro atoms. The van der Waals surface area contributed by atoms with Gasteiger partial charge in [-0.2, -0.15) is 5.10 Å². The Morgan fingerprint density at radius 1 is 1.15 bits per heavy atom. The molecule has 0 amide bonds. The fraction of sp³-hybridized carbons (Fsp3) is 0.625. The molecule has 0 aromatic carbocycles. The Hall–Kier alpha value is -1.58. The maximum absolute atomic E-state index is 4.65. The summed E-state index contributed by atoms with van der Waals surface area (Å²) in [6.45, 7) is 15.4. The molecule has 1 atom stereocenters. The second kappa shape index (κ2) is 4.76. The second-order valence-corrected chi connectivity index (χ2v) is 7.62. The molecule has 2 heterocycles. The monoisotopic (exact) mass is 274 g/mol. The minimum absolute atomic E-state index is 0.0406. The quantitative estimate of drug-likeness (QED) is 0.904. The zero-order valence-corrected chi connectivity index (χ0v) is 13.7. The van der Waals surface area contributed by atoms with Crippen LogP contribution in [0.25, 0.3) is 5.52 Å². The summed E-state index contributed by atoms with van der Waals surface area (Å²) >= 11 is 0. The van der Waals surface area contributed by atoms with Crippen LogP contribution in [0, 0.1) is 5.41 Å². The van der Waals surface area contributed by atoms with Gasteiger partial charge in [-0.05, 0) is 18.4 Å². The first kappa shape index (κ1) is 14.8. The van der Waals surface area contributed by atoms with Gasteiger partial charge < -0.3 is 5.32 Å². The number of rotatable bonds is 2. The predicted molar refractivity (Wildman–Crippen MR) is 84.2 cm³/mol. The molecular weight excluding hydrogens is 248 g/mol. The van der Waals surface area contributed by atoms with Gasteiger partial charge >= 0.3 is 0 Å². The molecule has 2 aromatic rings. The molecule has 20 heavy (non-hydrogen) atoms. The summed E-state index contributed by atoms with van der Waals surface area (Å²) in [7, 11) is 0. The van der Waals surface area contributed by atoms with Crippen LogP contribution in [-0.2, 0) is 5.41 Å².